The van der Waals surface area contributed by atoms with E-state index >= 15 is 0 Å². The second kappa shape index (κ2) is 11.5. The summed E-state index contributed by atoms with van der Waals surface area (Å²) in [7, 11) is 4.60. The second-order valence-electron chi connectivity index (χ2n) is 12.2. The Hall–Kier alpha value is -4.00. The van der Waals surface area contributed by atoms with Crippen LogP contribution < -0.4 is 15.8 Å². The number of primary amides is 1. The highest BCUT2D eigenvalue weighted by Gasteiger charge is 2.69. The Morgan fingerprint density at radius 3 is 2.41 bits per heavy atom. The van der Waals surface area contributed by atoms with Crippen LogP contribution in [0.4, 0.5) is 4.39 Å². The van der Waals surface area contributed by atoms with E-state index in [4.69, 9.17) is 10.5 Å². The third-order valence-corrected chi connectivity index (χ3v) is 9.41. The lowest BCUT2D eigenvalue weighted by Gasteiger charge is -2.52. The van der Waals surface area contributed by atoms with E-state index < -0.39 is 77.1 Å². The van der Waals surface area contributed by atoms with Crippen molar-refractivity contribution in [3.63, 3.8) is 0 Å². The molecule has 0 radical (unpaired) electrons. The predicted molar refractivity (Wildman–Crippen MR) is 156 cm³/mol. The number of aliphatic hydroxyl groups is 1. The number of phenolic OH excluding ortho intramolecular Hbond substituents is 1. The van der Waals surface area contributed by atoms with Crippen molar-refractivity contribution >= 4 is 29.0 Å². The summed E-state index contributed by atoms with van der Waals surface area (Å²) in [5.41, 5.74) is 4.55. The van der Waals surface area contributed by atoms with Gasteiger partial charge in [-0.1, -0.05) is 12.1 Å². The van der Waals surface area contributed by atoms with Crippen LogP contribution in [0.25, 0.3) is 11.1 Å². The molecule has 3 aliphatic rings. The smallest absolute Gasteiger partial charge is 0.235 e. The van der Waals surface area contributed by atoms with Gasteiger partial charge in [-0.3, -0.25) is 28.9 Å². The molecule has 0 saturated heterocycles. The summed E-state index contributed by atoms with van der Waals surface area (Å²) in [6.07, 6.45) is 0.0688. The first-order chi connectivity index (χ1) is 20.8. The van der Waals surface area contributed by atoms with Crippen molar-refractivity contribution in [2.24, 2.45) is 29.4 Å². The zero-order valence-electron chi connectivity index (χ0n) is 24.9. The molecule has 11 nitrogen and oxygen atoms in total. The lowest BCUT2D eigenvalue weighted by Crippen LogP contribution is -2.74. The molecule has 2 fully saturated rings. The largest absolute Gasteiger partial charge is 0.507 e. The Morgan fingerprint density at radius 2 is 1.84 bits per heavy atom. The number of hydrogen-bond acceptors (Lipinski definition) is 10. The molecular formula is C32H36FN3O8. The number of aromatic hydroxyl groups is 1. The van der Waals surface area contributed by atoms with Crippen LogP contribution in [0, 0.1) is 23.7 Å². The van der Waals surface area contributed by atoms with Gasteiger partial charge in [0.25, 0.3) is 0 Å². The Balaban J connectivity index is 1.67. The van der Waals surface area contributed by atoms with Gasteiger partial charge in [-0.05, 0) is 74.7 Å². The Morgan fingerprint density at radius 1 is 1.18 bits per heavy atom. The number of ketones is 4. The number of phenols is 1. The number of ether oxygens (including phenoxy) is 1. The van der Waals surface area contributed by atoms with Crippen molar-refractivity contribution in [2.45, 2.75) is 44.0 Å². The van der Waals surface area contributed by atoms with Crippen LogP contribution in [0.1, 0.15) is 34.8 Å². The Bertz CT molecular complexity index is 1560. The van der Waals surface area contributed by atoms with Gasteiger partial charge in [0, 0.05) is 24.1 Å². The molecule has 2 aromatic carbocycles. The Kier molecular flexibility index (Phi) is 8.21. The van der Waals surface area contributed by atoms with Crippen LogP contribution in [-0.2, 0) is 32.1 Å². The first-order valence-corrected chi connectivity index (χ1v) is 14.4. The summed E-state index contributed by atoms with van der Waals surface area (Å²) in [4.78, 5) is 68.9. The van der Waals surface area contributed by atoms with E-state index in [-0.39, 0.29) is 30.7 Å². The number of nitrogens with one attached hydrogen (secondary N) is 1. The minimum Gasteiger partial charge on any atom is -0.507 e. The third kappa shape index (κ3) is 4.72. The normalized spacial score (nSPS) is 28.8. The monoisotopic (exact) mass is 609 g/mol. The lowest BCUT2D eigenvalue weighted by atomic mass is 9.52. The number of fused-ring (bicyclic) bond motifs is 3. The van der Waals surface area contributed by atoms with Gasteiger partial charge in [0.1, 0.15) is 18.2 Å². The molecule has 0 bridgehead atoms. The molecule has 5 rings (SSSR count). The van der Waals surface area contributed by atoms with Gasteiger partial charge in [0.15, 0.2) is 34.7 Å². The molecule has 12 heteroatoms. The number of nitrogens with zero attached hydrogens (tertiary/aromatic N) is 1. The first kappa shape index (κ1) is 31.4. The molecule has 5 N–H and O–H groups in total. The van der Waals surface area contributed by atoms with Gasteiger partial charge >= 0.3 is 0 Å². The number of nitrogens with two attached hydrogens (primary N) is 1. The highest BCUT2D eigenvalue weighted by molar-refractivity contribution is 6.32. The molecule has 3 unspecified atom stereocenters. The van der Waals surface area contributed by atoms with E-state index in [1.54, 1.807) is 37.3 Å². The van der Waals surface area contributed by atoms with E-state index in [0.717, 1.165) is 0 Å². The summed E-state index contributed by atoms with van der Waals surface area (Å²) in [6, 6.07) is 7.06. The van der Waals surface area contributed by atoms with Gasteiger partial charge in [-0.15, -0.1) is 0 Å². The Labute approximate surface area is 253 Å². The van der Waals surface area contributed by atoms with Gasteiger partial charge in [0.2, 0.25) is 5.91 Å². The van der Waals surface area contributed by atoms with Crippen molar-refractivity contribution in [1.29, 1.82) is 0 Å². The molecule has 3 aliphatic carbocycles. The van der Waals surface area contributed by atoms with Crippen LogP contribution in [0.15, 0.2) is 30.3 Å². The van der Waals surface area contributed by atoms with Gasteiger partial charge in [-0.25, -0.2) is 4.39 Å². The number of carbonyl (C=O) groups is 5. The highest BCUT2D eigenvalue weighted by Crippen LogP contribution is 2.52. The minimum atomic E-state index is -2.80. The van der Waals surface area contributed by atoms with Crippen molar-refractivity contribution in [2.75, 3.05) is 27.9 Å². The lowest BCUT2D eigenvalue weighted by molar-refractivity contribution is -0.181. The maximum absolute atomic E-state index is 14.3. The van der Waals surface area contributed by atoms with Crippen LogP contribution in [0.5, 0.6) is 11.5 Å². The van der Waals surface area contributed by atoms with Gasteiger partial charge in [0.05, 0.1) is 24.6 Å². The number of Topliss-reactive ketones (excluding diaryl/α,β-unsaturated/α-hetero) is 4. The SMILES string of the molecule is COc1ccc(-c2cc(CNC(C)CF)c(O)c3c2C[C@H]2C[C@H]4[C@H](N(C)C)C(=O)C(C(N)=O)C(=O)[C@@]4(O)C(=O)C2C3=O)cc1. The fourth-order valence-electron chi connectivity index (χ4n) is 7.23. The van der Waals surface area contributed by atoms with Crippen LogP contribution in [0.2, 0.25) is 0 Å². The maximum atomic E-state index is 14.3. The van der Waals surface area contributed by atoms with Gasteiger partial charge < -0.3 is 26.0 Å². The van der Waals surface area contributed by atoms with Crippen LogP contribution in [-0.4, -0.2) is 89.7 Å². The zero-order chi connectivity index (χ0) is 32.2. The number of methoxy groups -OCH3 is 1. The summed E-state index contributed by atoms with van der Waals surface area (Å²) in [5, 5.41) is 26.2. The highest BCUT2D eigenvalue weighted by atomic mass is 19.1. The molecule has 0 aromatic heterocycles. The van der Waals surface area contributed by atoms with Gasteiger partial charge in [-0.2, -0.15) is 0 Å². The van der Waals surface area contributed by atoms with E-state index in [0.29, 0.717) is 28.0 Å². The van der Waals surface area contributed by atoms with Crippen molar-refractivity contribution in [3.05, 3.63) is 47.0 Å². The van der Waals surface area contributed by atoms with Crippen LogP contribution in [0.3, 0.4) is 0 Å². The predicted octanol–water partition coefficient (Wildman–Crippen LogP) is 0.990. The number of rotatable bonds is 8. The van der Waals surface area contributed by atoms with Crippen molar-refractivity contribution in [3.8, 4) is 22.6 Å². The molecule has 2 saturated carbocycles. The summed E-state index contributed by atoms with van der Waals surface area (Å²) >= 11 is 0. The number of likely N-dealkylation sites (N-methyl/N-ethyl adjacent to an activating group) is 1. The number of hydrogen-bond donors (Lipinski definition) is 4. The third-order valence-electron chi connectivity index (χ3n) is 9.41. The molecule has 7 atom stereocenters. The van der Waals surface area contributed by atoms with Crippen molar-refractivity contribution < 1.29 is 43.3 Å². The fraction of sp³-hybridized carbons (Fsp3) is 0.469. The van der Waals surface area contributed by atoms with E-state index in [1.807, 2.05) is 0 Å². The second-order valence-corrected chi connectivity index (χ2v) is 12.2. The summed E-state index contributed by atoms with van der Waals surface area (Å²) in [5.74, 6) is -10.6. The molecule has 0 spiro atoms. The minimum absolute atomic E-state index is 0.0140. The summed E-state index contributed by atoms with van der Waals surface area (Å²) in [6.45, 7) is 0.977. The van der Waals surface area contributed by atoms with Crippen LogP contribution >= 0.6 is 0 Å². The first-order valence-electron chi connectivity index (χ1n) is 14.4. The van der Waals surface area contributed by atoms with Crippen molar-refractivity contribution in [1.82, 2.24) is 10.2 Å². The average Bonchev–Trinajstić information content (AvgIpc) is 2.98. The zero-order valence-corrected chi connectivity index (χ0v) is 24.9. The summed E-state index contributed by atoms with van der Waals surface area (Å²) < 4.78 is 18.5. The standard InChI is InChI=1S/C32H36FN3O8/c1-14(12-33)35-13-17-10-19(15-5-7-18(44-4)8-6-15)20-9-16-11-21-25(36(2)3)28(39)24(31(34)42)30(41)32(21,43)29(40)22(16)27(38)23(20)26(17)37/h5-8,10,14,16,21-22,24-25,35,37,43H,9,11-13H2,1-4H3,(H2,34,42)/t14?,16-,21-,22?,24?,25-,32-/m0/s1. The maximum Gasteiger partial charge on any atom is 0.235 e. The molecule has 44 heavy (non-hydrogen) atoms. The van der Waals surface area contributed by atoms with E-state index in [2.05, 4.69) is 5.32 Å². The fourth-order valence-corrected chi connectivity index (χ4v) is 7.23. The number of alkyl halides is 1. The molecule has 1 amide bonds. The molecule has 0 heterocycles. The molecular weight excluding hydrogens is 573 g/mol. The quantitative estimate of drug-likeness (QED) is 0.316. The topological polar surface area (TPSA) is 176 Å². The number of carbonyl (C=O) groups excluding carboxylic acids is 5. The van der Waals surface area contributed by atoms with E-state index in [1.165, 1.54) is 26.1 Å². The van der Waals surface area contributed by atoms with E-state index in [9.17, 15) is 38.6 Å². The average molecular weight is 610 g/mol. The molecule has 234 valence electrons. The molecule has 2 aromatic rings. The molecule has 0 aliphatic heterocycles. The number of halogens is 1. The number of amides is 1. The number of benzene rings is 2.